The first-order valence-corrected chi connectivity index (χ1v) is 4.78. The fourth-order valence-corrected chi connectivity index (χ4v) is 1.16. The molecule has 2 nitrogen and oxygen atoms in total. The summed E-state index contributed by atoms with van der Waals surface area (Å²) >= 11 is 5.72. The number of carbonyl (C=O) groups is 1. The minimum absolute atomic E-state index is 0.630. The molecule has 0 aliphatic rings. The summed E-state index contributed by atoms with van der Waals surface area (Å²) in [5.41, 5.74) is 1.59. The maximum absolute atomic E-state index is 10.2. The molecule has 0 atom stereocenters. The number of carboxylic acids is 1. The Kier molecular flexibility index (Phi) is 4.13. The molecule has 0 amide bonds. The van der Waals surface area contributed by atoms with Crippen molar-refractivity contribution < 1.29 is 9.90 Å². The van der Waals surface area contributed by atoms with Gasteiger partial charge in [0.1, 0.15) is 0 Å². The number of halogens is 1. The van der Waals surface area contributed by atoms with E-state index in [0.717, 1.165) is 11.6 Å². The highest BCUT2D eigenvalue weighted by atomic mass is 35.5. The van der Waals surface area contributed by atoms with Gasteiger partial charge in [-0.3, -0.25) is 0 Å². The van der Waals surface area contributed by atoms with Crippen molar-refractivity contribution in [2.24, 2.45) is 0 Å². The SMILES string of the molecule is CC(=C/C(=O)[O-])/C=C/c1ccc(Cl)cc1. The molecule has 1 aromatic carbocycles. The van der Waals surface area contributed by atoms with Crippen molar-refractivity contribution in [3.05, 3.63) is 52.6 Å². The van der Waals surface area contributed by atoms with Gasteiger partial charge >= 0.3 is 0 Å². The number of carbonyl (C=O) groups excluding carboxylic acids is 1. The molecular formula is C12H10ClO2-. The third kappa shape index (κ3) is 4.47. The topological polar surface area (TPSA) is 40.1 Å². The summed E-state index contributed by atoms with van der Waals surface area (Å²) in [5, 5.41) is 10.9. The van der Waals surface area contributed by atoms with Crippen LogP contribution in [0.2, 0.25) is 5.02 Å². The van der Waals surface area contributed by atoms with Crippen molar-refractivity contribution in [1.29, 1.82) is 0 Å². The quantitative estimate of drug-likeness (QED) is 0.579. The molecule has 0 fully saturated rings. The zero-order chi connectivity index (χ0) is 11.3. The van der Waals surface area contributed by atoms with Crippen LogP contribution in [0.1, 0.15) is 12.5 Å². The number of rotatable bonds is 3. The molecule has 1 rings (SSSR count). The second-order valence-corrected chi connectivity index (χ2v) is 3.53. The molecule has 0 spiro atoms. The third-order valence-electron chi connectivity index (χ3n) is 1.75. The van der Waals surface area contributed by atoms with Gasteiger partial charge in [0, 0.05) is 5.02 Å². The molecule has 0 saturated heterocycles. The van der Waals surface area contributed by atoms with Crippen LogP contribution in [0.3, 0.4) is 0 Å². The molecule has 3 heteroatoms. The van der Waals surface area contributed by atoms with Crippen LogP contribution in [0.25, 0.3) is 6.08 Å². The highest BCUT2D eigenvalue weighted by Crippen LogP contribution is 2.11. The molecule has 1 aromatic rings. The van der Waals surface area contributed by atoms with Crippen LogP contribution >= 0.6 is 11.6 Å². The zero-order valence-electron chi connectivity index (χ0n) is 8.24. The molecule has 0 aliphatic carbocycles. The van der Waals surface area contributed by atoms with Gasteiger partial charge in [-0.25, -0.2) is 0 Å². The maximum Gasteiger partial charge on any atom is 0.0645 e. The van der Waals surface area contributed by atoms with Crippen LogP contribution in [-0.4, -0.2) is 5.97 Å². The summed E-state index contributed by atoms with van der Waals surface area (Å²) in [6, 6.07) is 7.26. The molecule has 0 unspecified atom stereocenters. The van der Waals surface area contributed by atoms with Crippen LogP contribution in [-0.2, 0) is 4.79 Å². The molecule has 0 bridgehead atoms. The van der Waals surface area contributed by atoms with Gasteiger partial charge in [-0.1, -0.05) is 35.9 Å². The van der Waals surface area contributed by atoms with E-state index in [1.807, 2.05) is 18.2 Å². The Labute approximate surface area is 93.5 Å². The molecule has 0 heterocycles. The van der Waals surface area contributed by atoms with E-state index in [1.54, 1.807) is 25.1 Å². The average Bonchev–Trinajstić information content (AvgIpc) is 2.16. The van der Waals surface area contributed by atoms with Crippen molar-refractivity contribution in [2.75, 3.05) is 0 Å². The predicted molar refractivity (Wildman–Crippen MR) is 59.3 cm³/mol. The minimum atomic E-state index is -1.19. The van der Waals surface area contributed by atoms with E-state index >= 15 is 0 Å². The summed E-state index contributed by atoms with van der Waals surface area (Å²) < 4.78 is 0. The Morgan fingerprint density at radius 1 is 1.33 bits per heavy atom. The second-order valence-electron chi connectivity index (χ2n) is 3.09. The lowest BCUT2D eigenvalue weighted by atomic mass is 10.1. The first kappa shape index (κ1) is 11.5. The van der Waals surface area contributed by atoms with E-state index in [0.29, 0.717) is 10.6 Å². The van der Waals surface area contributed by atoms with E-state index in [2.05, 4.69) is 0 Å². The molecule has 0 radical (unpaired) electrons. The van der Waals surface area contributed by atoms with E-state index in [4.69, 9.17) is 11.6 Å². The number of allylic oxidation sites excluding steroid dienone is 2. The molecule has 0 aliphatic heterocycles. The smallest absolute Gasteiger partial charge is 0.0645 e. The van der Waals surface area contributed by atoms with Gasteiger partial charge in [0.2, 0.25) is 0 Å². The average molecular weight is 222 g/mol. The summed E-state index contributed by atoms with van der Waals surface area (Å²) in [6.45, 7) is 1.70. The van der Waals surface area contributed by atoms with Gasteiger partial charge in [0.25, 0.3) is 0 Å². The number of hydrogen-bond acceptors (Lipinski definition) is 2. The number of aliphatic carboxylic acids is 1. The Balaban J connectivity index is 2.73. The Morgan fingerprint density at radius 3 is 2.47 bits per heavy atom. The summed E-state index contributed by atoms with van der Waals surface area (Å²) in [6.07, 6.45) is 4.57. The fraction of sp³-hybridized carbons (Fsp3) is 0.0833. The highest BCUT2D eigenvalue weighted by Gasteiger charge is 1.88. The molecule has 0 N–H and O–H groups in total. The Hall–Kier alpha value is -1.54. The molecule has 15 heavy (non-hydrogen) atoms. The molecular weight excluding hydrogens is 212 g/mol. The Bertz CT molecular complexity index is 402. The number of hydrogen-bond donors (Lipinski definition) is 0. The maximum atomic E-state index is 10.2. The lowest BCUT2D eigenvalue weighted by Crippen LogP contribution is -2.19. The lowest BCUT2D eigenvalue weighted by molar-refractivity contribution is -0.297. The van der Waals surface area contributed by atoms with Gasteiger partial charge in [-0.05, 0) is 36.3 Å². The van der Waals surface area contributed by atoms with Crippen LogP contribution in [0.5, 0.6) is 0 Å². The molecule has 0 aromatic heterocycles. The minimum Gasteiger partial charge on any atom is -0.545 e. The van der Waals surface area contributed by atoms with Crippen LogP contribution in [0.15, 0.2) is 42.0 Å². The standard InChI is InChI=1S/C12H11ClO2/c1-9(8-12(14)15)2-3-10-4-6-11(13)7-5-10/h2-8H,1H3,(H,14,15)/p-1/b3-2+,9-8-. The zero-order valence-corrected chi connectivity index (χ0v) is 8.99. The van der Waals surface area contributed by atoms with Gasteiger partial charge in [0.15, 0.2) is 0 Å². The van der Waals surface area contributed by atoms with Crippen molar-refractivity contribution >= 4 is 23.6 Å². The third-order valence-corrected chi connectivity index (χ3v) is 2.01. The van der Waals surface area contributed by atoms with Gasteiger partial charge < -0.3 is 9.90 Å². The predicted octanol–water partition coefficient (Wildman–Crippen LogP) is 2.05. The monoisotopic (exact) mass is 221 g/mol. The van der Waals surface area contributed by atoms with Crippen LogP contribution in [0, 0.1) is 0 Å². The molecule has 78 valence electrons. The largest absolute Gasteiger partial charge is 0.545 e. The van der Waals surface area contributed by atoms with Crippen LogP contribution in [0.4, 0.5) is 0 Å². The van der Waals surface area contributed by atoms with Crippen LogP contribution < -0.4 is 5.11 Å². The van der Waals surface area contributed by atoms with E-state index in [9.17, 15) is 9.90 Å². The molecule has 0 saturated carbocycles. The highest BCUT2D eigenvalue weighted by molar-refractivity contribution is 6.30. The summed E-state index contributed by atoms with van der Waals surface area (Å²) in [4.78, 5) is 10.2. The van der Waals surface area contributed by atoms with E-state index in [-0.39, 0.29) is 0 Å². The summed E-state index contributed by atoms with van der Waals surface area (Å²) in [5.74, 6) is -1.19. The van der Waals surface area contributed by atoms with Crippen molar-refractivity contribution in [3.63, 3.8) is 0 Å². The van der Waals surface area contributed by atoms with Crippen molar-refractivity contribution in [1.82, 2.24) is 0 Å². The van der Waals surface area contributed by atoms with Gasteiger partial charge in [-0.15, -0.1) is 0 Å². The van der Waals surface area contributed by atoms with Gasteiger partial charge in [-0.2, -0.15) is 0 Å². The summed E-state index contributed by atoms with van der Waals surface area (Å²) in [7, 11) is 0. The normalized spacial score (nSPS) is 12.0. The first-order chi connectivity index (χ1) is 7.08. The lowest BCUT2D eigenvalue weighted by Gasteiger charge is -1.96. The number of carboxylic acid groups (broad SMARTS) is 1. The van der Waals surface area contributed by atoms with Crippen molar-refractivity contribution in [2.45, 2.75) is 6.92 Å². The van der Waals surface area contributed by atoms with E-state index < -0.39 is 5.97 Å². The fourth-order valence-electron chi connectivity index (χ4n) is 1.04. The number of benzene rings is 1. The first-order valence-electron chi connectivity index (χ1n) is 4.41. The van der Waals surface area contributed by atoms with Gasteiger partial charge in [0.05, 0.1) is 5.97 Å². The Morgan fingerprint density at radius 2 is 1.93 bits per heavy atom. The van der Waals surface area contributed by atoms with E-state index in [1.165, 1.54) is 0 Å². The second kappa shape index (κ2) is 5.37. The van der Waals surface area contributed by atoms with Crippen molar-refractivity contribution in [3.8, 4) is 0 Å².